The Hall–Kier alpha value is -0.965. The molecule has 0 radical (unpaired) electrons. The summed E-state index contributed by atoms with van der Waals surface area (Å²) in [7, 11) is 0.837. The van der Waals surface area contributed by atoms with E-state index in [-0.39, 0.29) is 0 Å². The van der Waals surface area contributed by atoms with Crippen LogP contribution in [-0.2, 0) is 13.1 Å². The molecule has 3 aromatic carbocycles. The summed E-state index contributed by atoms with van der Waals surface area (Å²) in [5, 5.41) is 1.45. The van der Waals surface area contributed by atoms with E-state index in [4.69, 9.17) is 0 Å². The van der Waals surface area contributed by atoms with Crippen molar-refractivity contribution in [2.75, 3.05) is 13.1 Å². The Morgan fingerprint density at radius 2 is 1.11 bits per heavy atom. The fraction of sp³-hybridized carbons (Fsp3) is 0.182. The van der Waals surface area contributed by atoms with Gasteiger partial charge in [0, 0.05) is 8.95 Å². The third-order valence-electron chi connectivity index (χ3n) is 5.58. The lowest BCUT2D eigenvalue weighted by atomic mass is 10.2. The molecule has 0 saturated carbocycles. The molecular weight excluding hydrogens is 494 g/mol. The summed E-state index contributed by atoms with van der Waals surface area (Å²) in [6.07, 6.45) is 0. The van der Waals surface area contributed by atoms with Crippen LogP contribution in [0.3, 0.4) is 0 Å². The van der Waals surface area contributed by atoms with Crippen molar-refractivity contribution in [2.24, 2.45) is 0 Å². The van der Waals surface area contributed by atoms with Gasteiger partial charge < -0.3 is 0 Å². The molecule has 0 bridgehead atoms. The molecule has 1 aliphatic heterocycles. The Kier molecular flexibility index (Phi) is 6.39. The molecule has 0 unspecified atom stereocenters. The molecular formula is C22H23BBr2N2P+. The van der Waals surface area contributed by atoms with Gasteiger partial charge in [0.25, 0.3) is 0 Å². The van der Waals surface area contributed by atoms with Crippen LogP contribution >= 0.6 is 39.3 Å². The van der Waals surface area contributed by atoms with Crippen molar-refractivity contribution in [2.45, 2.75) is 13.1 Å². The molecule has 0 atom stereocenters. The molecule has 1 fully saturated rings. The van der Waals surface area contributed by atoms with Gasteiger partial charge in [0.2, 0.25) is 0 Å². The molecule has 3 aromatic rings. The van der Waals surface area contributed by atoms with Crippen molar-refractivity contribution >= 4 is 52.2 Å². The summed E-state index contributed by atoms with van der Waals surface area (Å²) in [4.78, 5) is 0. The second kappa shape index (κ2) is 8.81. The maximum absolute atomic E-state index is 3.74. The highest BCUT2D eigenvalue weighted by molar-refractivity contribution is 9.10. The zero-order chi connectivity index (χ0) is 19.6. The molecule has 28 heavy (non-hydrogen) atoms. The number of nitrogens with zero attached hydrogens (tertiary/aromatic N) is 2. The first-order valence-electron chi connectivity index (χ1n) is 9.49. The molecule has 1 aliphatic rings. The molecule has 0 aliphatic carbocycles. The Morgan fingerprint density at radius 3 is 1.57 bits per heavy atom. The van der Waals surface area contributed by atoms with Crippen LogP contribution < -0.4 is 5.30 Å². The molecule has 0 spiro atoms. The van der Waals surface area contributed by atoms with E-state index in [0.717, 1.165) is 26.2 Å². The minimum absolute atomic E-state index is 0.965. The van der Waals surface area contributed by atoms with Gasteiger partial charge in [0.05, 0.1) is 26.2 Å². The maximum atomic E-state index is 3.74. The van der Waals surface area contributed by atoms with Crippen molar-refractivity contribution in [1.29, 1.82) is 0 Å². The van der Waals surface area contributed by atoms with Crippen LogP contribution in [0.1, 0.15) is 11.1 Å². The quantitative estimate of drug-likeness (QED) is 0.337. The minimum atomic E-state index is -1.64. The molecule has 0 aromatic heterocycles. The van der Waals surface area contributed by atoms with E-state index >= 15 is 0 Å². The number of hydrogen-bond donors (Lipinski definition) is 0. The number of halogens is 2. The molecule has 1 saturated heterocycles. The van der Waals surface area contributed by atoms with Crippen LogP contribution in [0.25, 0.3) is 0 Å². The second-order valence-electron chi connectivity index (χ2n) is 7.21. The third kappa shape index (κ3) is 4.01. The first-order valence-corrected chi connectivity index (χ1v) is 13.2. The third-order valence-corrected chi connectivity index (χ3v) is 11.3. The predicted molar refractivity (Wildman–Crippen MR) is 131 cm³/mol. The molecule has 0 amide bonds. The van der Waals surface area contributed by atoms with Crippen molar-refractivity contribution in [3.05, 3.63) is 98.9 Å². The Labute approximate surface area is 186 Å². The highest BCUT2D eigenvalue weighted by Crippen LogP contribution is 2.64. The lowest BCUT2D eigenvalue weighted by Crippen LogP contribution is -2.32. The lowest BCUT2D eigenvalue weighted by Gasteiger charge is -2.34. The van der Waals surface area contributed by atoms with E-state index in [2.05, 4.69) is 128 Å². The summed E-state index contributed by atoms with van der Waals surface area (Å²) in [5.74, 6) is 0. The van der Waals surface area contributed by atoms with E-state index in [1.165, 1.54) is 25.4 Å². The SMILES string of the molecule is B[P+]1(c2ccccc2)N(Cc2ccccc2Br)CCN1Cc1ccccc1Br. The summed E-state index contributed by atoms with van der Waals surface area (Å²) in [6.45, 7) is 4.11. The number of hydrogen-bond acceptors (Lipinski definition) is 2. The highest BCUT2D eigenvalue weighted by Gasteiger charge is 2.52. The first-order chi connectivity index (χ1) is 13.6. The largest absolute Gasteiger partial charge is 0.352 e. The van der Waals surface area contributed by atoms with E-state index < -0.39 is 7.44 Å². The van der Waals surface area contributed by atoms with Gasteiger partial charge in [0.15, 0.2) is 0 Å². The zero-order valence-electron chi connectivity index (χ0n) is 15.9. The van der Waals surface area contributed by atoms with Gasteiger partial charge in [-0.25, -0.2) is 0 Å². The average Bonchev–Trinajstić information content (AvgIpc) is 3.03. The highest BCUT2D eigenvalue weighted by atomic mass is 79.9. The normalized spacial score (nSPS) is 17.1. The van der Waals surface area contributed by atoms with Crippen LogP contribution in [-0.4, -0.2) is 30.0 Å². The topological polar surface area (TPSA) is 6.48 Å². The Balaban J connectivity index is 1.69. The van der Waals surface area contributed by atoms with Crippen LogP contribution in [0.4, 0.5) is 0 Å². The van der Waals surface area contributed by atoms with Gasteiger partial charge in [0.1, 0.15) is 12.7 Å². The molecule has 0 N–H and O–H groups in total. The van der Waals surface area contributed by atoms with Crippen LogP contribution in [0.5, 0.6) is 0 Å². The molecule has 142 valence electrons. The summed E-state index contributed by atoms with van der Waals surface area (Å²) < 4.78 is 7.80. The molecule has 4 rings (SSSR count). The van der Waals surface area contributed by atoms with Gasteiger partial charge in [-0.15, -0.1) is 0 Å². The average molecular weight is 517 g/mol. The Morgan fingerprint density at radius 1 is 0.679 bits per heavy atom. The Bertz CT molecular complexity index is 899. The van der Waals surface area contributed by atoms with Crippen LogP contribution in [0.15, 0.2) is 87.8 Å². The second-order valence-corrected chi connectivity index (χ2v) is 12.4. The van der Waals surface area contributed by atoms with Gasteiger partial charge in [-0.2, -0.15) is 9.34 Å². The smallest absolute Gasteiger partial charge is 0.170 e. The van der Waals surface area contributed by atoms with Crippen LogP contribution in [0.2, 0.25) is 0 Å². The predicted octanol–water partition coefficient (Wildman–Crippen LogP) is 5.25. The monoisotopic (exact) mass is 515 g/mol. The maximum Gasteiger partial charge on any atom is 0.352 e. The van der Waals surface area contributed by atoms with E-state index in [9.17, 15) is 0 Å². The van der Waals surface area contributed by atoms with E-state index in [0.29, 0.717) is 0 Å². The van der Waals surface area contributed by atoms with Crippen molar-refractivity contribution in [3.8, 4) is 0 Å². The zero-order valence-corrected chi connectivity index (χ0v) is 20.0. The number of rotatable bonds is 5. The fourth-order valence-corrected chi connectivity index (χ4v) is 8.30. The standard InChI is InChI=1S/C22H23BBr2N2P/c23-28(20-10-2-1-3-11-20)26(16-18-8-4-6-12-21(18)24)14-15-27(28)17-19-9-5-7-13-22(19)25/h1-13H,14-17,23H2/q+1. The molecule has 6 heteroatoms. The van der Waals surface area contributed by atoms with Gasteiger partial charge in [-0.3, -0.25) is 0 Å². The van der Waals surface area contributed by atoms with Gasteiger partial charge in [-0.1, -0.05) is 86.5 Å². The molecule has 1 heterocycles. The first kappa shape index (κ1) is 20.3. The summed E-state index contributed by atoms with van der Waals surface area (Å²) >= 11 is 7.48. The van der Waals surface area contributed by atoms with Crippen LogP contribution in [0, 0.1) is 0 Å². The van der Waals surface area contributed by atoms with Gasteiger partial charge in [-0.05, 0) is 35.4 Å². The summed E-state index contributed by atoms with van der Waals surface area (Å²) in [6, 6.07) is 28.3. The van der Waals surface area contributed by atoms with E-state index in [1.807, 2.05) is 0 Å². The fourth-order valence-electron chi connectivity index (χ4n) is 3.92. The van der Waals surface area contributed by atoms with Crippen molar-refractivity contribution < 1.29 is 0 Å². The lowest BCUT2D eigenvalue weighted by molar-refractivity contribution is 0.457. The number of benzene rings is 3. The van der Waals surface area contributed by atoms with Crippen molar-refractivity contribution in [1.82, 2.24) is 9.34 Å². The molecule has 2 nitrogen and oxygen atoms in total. The minimum Gasteiger partial charge on any atom is -0.170 e. The van der Waals surface area contributed by atoms with Gasteiger partial charge >= 0.3 is 7.57 Å². The van der Waals surface area contributed by atoms with Crippen molar-refractivity contribution in [3.63, 3.8) is 0 Å². The summed E-state index contributed by atoms with van der Waals surface area (Å²) in [5.41, 5.74) is 2.71. The van der Waals surface area contributed by atoms with E-state index in [1.54, 1.807) is 0 Å².